The number of rotatable bonds is 3. The van der Waals surface area contributed by atoms with Gasteiger partial charge in [-0.15, -0.1) is 0 Å². The standard InChI is InChI=1S/C11H13NO6S/c1-11(2-3-19(16,17)6-11)12-9(13)8-4-7(5-18-8)10(14)15/h4-5H,2-3,6H2,1H3,(H,12,13)(H,14,15). The van der Waals surface area contributed by atoms with E-state index in [-0.39, 0.29) is 22.8 Å². The molecule has 1 amide bonds. The van der Waals surface area contributed by atoms with Crippen molar-refractivity contribution in [2.45, 2.75) is 18.9 Å². The Hall–Kier alpha value is -1.83. The summed E-state index contributed by atoms with van der Waals surface area (Å²) >= 11 is 0. The molecule has 0 aliphatic carbocycles. The number of carbonyl (C=O) groups excluding carboxylic acids is 1. The van der Waals surface area contributed by atoms with Crippen LogP contribution in [-0.4, -0.2) is 42.4 Å². The van der Waals surface area contributed by atoms with E-state index < -0.39 is 27.3 Å². The normalized spacial score (nSPS) is 25.1. The minimum atomic E-state index is -3.13. The van der Waals surface area contributed by atoms with Gasteiger partial charge in [-0.05, 0) is 13.3 Å². The molecule has 19 heavy (non-hydrogen) atoms. The summed E-state index contributed by atoms with van der Waals surface area (Å²) in [6, 6.07) is 1.10. The molecular formula is C11H13NO6S. The van der Waals surface area contributed by atoms with Gasteiger partial charge in [-0.1, -0.05) is 0 Å². The van der Waals surface area contributed by atoms with E-state index >= 15 is 0 Å². The summed E-state index contributed by atoms with van der Waals surface area (Å²) in [6.07, 6.45) is 1.29. The molecule has 2 heterocycles. The molecule has 8 heteroatoms. The van der Waals surface area contributed by atoms with Crippen LogP contribution in [0.5, 0.6) is 0 Å². The Morgan fingerprint density at radius 1 is 1.47 bits per heavy atom. The van der Waals surface area contributed by atoms with E-state index in [1.54, 1.807) is 6.92 Å². The minimum Gasteiger partial charge on any atom is -0.478 e. The number of carbonyl (C=O) groups is 2. The summed E-state index contributed by atoms with van der Waals surface area (Å²) in [6.45, 7) is 1.64. The predicted octanol–water partition coefficient (Wildman–Crippen LogP) is 0.285. The summed E-state index contributed by atoms with van der Waals surface area (Å²) in [5.74, 6) is -2.06. The minimum absolute atomic E-state index is 0.0301. The van der Waals surface area contributed by atoms with Crippen molar-refractivity contribution in [2.24, 2.45) is 0 Å². The summed E-state index contributed by atoms with van der Waals surface area (Å²) in [4.78, 5) is 22.5. The molecule has 1 aliphatic heterocycles. The molecule has 2 rings (SSSR count). The van der Waals surface area contributed by atoms with Crippen molar-refractivity contribution in [3.63, 3.8) is 0 Å². The van der Waals surface area contributed by atoms with Gasteiger partial charge in [0, 0.05) is 6.07 Å². The molecule has 0 spiro atoms. The molecule has 1 saturated heterocycles. The molecule has 7 nitrogen and oxygen atoms in total. The molecule has 1 unspecified atom stereocenters. The van der Waals surface area contributed by atoms with Crippen LogP contribution in [0.3, 0.4) is 0 Å². The number of nitrogens with one attached hydrogen (secondary N) is 1. The largest absolute Gasteiger partial charge is 0.478 e. The molecule has 0 aromatic carbocycles. The van der Waals surface area contributed by atoms with Gasteiger partial charge in [-0.25, -0.2) is 13.2 Å². The maximum absolute atomic E-state index is 11.9. The maximum Gasteiger partial charge on any atom is 0.338 e. The molecule has 0 bridgehead atoms. The average molecular weight is 287 g/mol. The van der Waals surface area contributed by atoms with Crippen molar-refractivity contribution in [1.82, 2.24) is 5.32 Å². The molecule has 104 valence electrons. The SMILES string of the molecule is CC1(NC(=O)c2cc(C(=O)O)co2)CCS(=O)(=O)C1. The molecule has 0 saturated carbocycles. The molecule has 1 aromatic rings. The first kappa shape index (κ1) is 13.6. The van der Waals surface area contributed by atoms with E-state index in [1.807, 2.05) is 0 Å². The van der Waals surface area contributed by atoms with Gasteiger partial charge in [0.25, 0.3) is 5.91 Å². The average Bonchev–Trinajstić information content (AvgIpc) is 2.83. The molecule has 1 aliphatic rings. The van der Waals surface area contributed by atoms with Gasteiger partial charge in [0.1, 0.15) is 6.26 Å². The quantitative estimate of drug-likeness (QED) is 0.825. The van der Waals surface area contributed by atoms with Crippen molar-refractivity contribution in [3.05, 3.63) is 23.7 Å². The number of amides is 1. The maximum atomic E-state index is 11.9. The summed E-state index contributed by atoms with van der Waals surface area (Å²) in [5, 5.41) is 11.3. The van der Waals surface area contributed by atoms with Crippen molar-refractivity contribution in [3.8, 4) is 0 Å². The Balaban J connectivity index is 2.11. The van der Waals surface area contributed by atoms with Crippen LogP contribution in [0.15, 0.2) is 16.7 Å². The number of carboxylic acids is 1. The lowest BCUT2D eigenvalue weighted by Gasteiger charge is -2.22. The fourth-order valence-electron chi connectivity index (χ4n) is 2.01. The van der Waals surface area contributed by atoms with Gasteiger partial charge < -0.3 is 14.8 Å². The number of furan rings is 1. The van der Waals surface area contributed by atoms with E-state index in [9.17, 15) is 18.0 Å². The fourth-order valence-corrected chi connectivity index (χ4v) is 4.11. The van der Waals surface area contributed by atoms with Gasteiger partial charge in [0.05, 0.1) is 22.6 Å². The predicted molar refractivity (Wildman–Crippen MR) is 64.8 cm³/mol. The number of sulfone groups is 1. The lowest BCUT2D eigenvalue weighted by molar-refractivity contribution is 0.0695. The van der Waals surface area contributed by atoms with Gasteiger partial charge >= 0.3 is 5.97 Å². The Morgan fingerprint density at radius 2 is 2.16 bits per heavy atom. The van der Waals surface area contributed by atoms with E-state index in [4.69, 9.17) is 9.52 Å². The van der Waals surface area contributed by atoms with Gasteiger partial charge in [0.2, 0.25) is 0 Å². The monoisotopic (exact) mass is 287 g/mol. The van der Waals surface area contributed by atoms with E-state index in [0.717, 1.165) is 12.3 Å². The highest BCUT2D eigenvalue weighted by atomic mass is 32.2. The van der Waals surface area contributed by atoms with Crippen molar-refractivity contribution in [1.29, 1.82) is 0 Å². The highest BCUT2D eigenvalue weighted by Crippen LogP contribution is 2.23. The summed E-state index contributed by atoms with van der Waals surface area (Å²) in [5.41, 5.74) is -0.971. The zero-order chi connectivity index (χ0) is 14.3. The van der Waals surface area contributed by atoms with Crippen LogP contribution >= 0.6 is 0 Å². The zero-order valence-corrected chi connectivity index (χ0v) is 11.0. The molecule has 1 aromatic heterocycles. The lowest BCUT2D eigenvalue weighted by atomic mass is 10.0. The summed E-state index contributed by atoms with van der Waals surface area (Å²) < 4.78 is 27.7. The third-order valence-corrected chi connectivity index (χ3v) is 4.89. The Morgan fingerprint density at radius 3 is 2.63 bits per heavy atom. The number of hydrogen-bond donors (Lipinski definition) is 2. The molecule has 2 N–H and O–H groups in total. The second-order valence-corrected chi connectivity index (χ2v) is 7.05. The Bertz CT molecular complexity index is 631. The van der Waals surface area contributed by atoms with Crippen LogP contribution in [0, 0.1) is 0 Å². The van der Waals surface area contributed by atoms with E-state index in [1.165, 1.54) is 0 Å². The van der Waals surface area contributed by atoms with E-state index in [0.29, 0.717) is 6.42 Å². The highest BCUT2D eigenvalue weighted by Gasteiger charge is 2.40. The molecular weight excluding hydrogens is 274 g/mol. The topological polar surface area (TPSA) is 114 Å². The second-order valence-electron chi connectivity index (χ2n) is 4.86. The first-order valence-corrected chi connectivity index (χ1v) is 7.38. The van der Waals surface area contributed by atoms with Crippen LogP contribution in [0.4, 0.5) is 0 Å². The van der Waals surface area contributed by atoms with Crippen molar-refractivity contribution in [2.75, 3.05) is 11.5 Å². The third kappa shape index (κ3) is 2.95. The molecule has 1 atom stereocenters. The van der Waals surface area contributed by atoms with E-state index in [2.05, 4.69) is 5.32 Å². The first-order valence-electron chi connectivity index (χ1n) is 5.56. The van der Waals surface area contributed by atoms with Gasteiger partial charge in [0.15, 0.2) is 15.6 Å². The molecule has 0 radical (unpaired) electrons. The van der Waals surface area contributed by atoms with Gasteiger partial charge in [-0.2, -0.15) is 0 Å². The number of hydrogen-bond acceptors (Lipinski definition) is 5. The van der Waals surface area contributed by atoms with Crippen LogP contribution in [0.1, 0.15) is 34.3 Å². The van der Waals surface area contributed by atoms with Crippen LogP contribution < -0.4 is 5.32 Å². The first-order chi connectivity index (χ1) is 8.71. The number of carboxylic acid groups (broad SMARTS) is 1. The van der Waals surface area contributed by atoms with Crippen LogP contribution in [0.2, 0.25) is 0 Å². The number of aromatic carboxylic acids is 1. The van der Waals surface area contributed by atoms with Crippen LogP contribution in [0.25, 0.3) is 0 Å². The zero-order valence-electron chi connectivity index (χ0n) is 10.2. The Kier molecular flexibility index (Phi) is 3.13. The lowest BCUT2D eigenvalue weighted by Crippen LogP contribution is -2.46. The second kappa shape index (κ2) is 4.37. The van der Waals surface area contributed by atoms with Gasteiger partial charge in [-0.3, -0.25) is 4.79 Å². The summed E-state index contributed by atoms with van der Waals surface area (Å²) in [7, 11) is -3.13. The smallest absolute Gasteiger partial charge is 0.338 e. The van der Waals surface area contributed by atoms with Crippen molar-refractivity contribution < 1.29 is 27.5 Å². The third-order valence-electron chi connectivity index (χ3n) is 2.99. The molecule has 1 fully saturated rings. The fraction of sp³-hybridized carbons (Fsp3) is 0.455. The highest BCUT2D eigenvalue weighted by molar-refractivity contribution is 7.91. The van der Waals surface area contributed by atoms with Crippen molar-refractivity contribution >= 4 is 21.7 Å². The Labute approximate surface area is 109 Å². The van der Waals surface area contributed by atoms with Crippen LogP contribution in [-0.2, 0) is 9.84 Å².